The van der Waals surface area contributed by atoms with Gasteiger partial charge in [-0.25, -0.2) is 4.98 Å². The quantitative estimate of drug-likeness (QED) is 0.868. The lowest BCUT2D eigenvalue weighted by Gasteiger charge is -2.03. The van der Waals surface area contributed by atoms with Gasteiger partial charge in [-0.1, -0.05) is 11.6 Å². The summed E-state index contributed by atoms with van der Waals surface area (Å²) in [5.41, 5.74) is 1.90. The van der Waals surface area contributed by atoms with Gasteiger partial charge in [-0.05, 0) is 30.7 Å². The molecule has 0 saturated carbocycles. The second kappa shape index (κ2) is 5.02. The summed E-state index contributed by atoms with van der Waals surface area (Å²) in [6, 6.07) is 5.51. The van der Waals surface area contributed by atoms with Crippen LogP contribution in [0.1, 0.15) is 11.3 Å². The minimum absolute atomic E-state index is 0.291. The lowest BCUT2D eigenvalue weighted by molar-refractivity contribution is 0.473. The molecule has 2 rings (SSSR count). The van der Waals surface area contributed by atoms with Crippen molar-refractivity contribution in [2.75, 3.05) is 0 Å². The number of phenolic OH excluding ortho intramolecular Hbond substituents is 1. The van der Waals surface area contributed by atoms with E-state index in [1.165, 1.54) is 0 Å². The van der Waals surface area contributed by atoms with E-state index in [4.69, 9.17) is 11.6 Å². The Morgan fingerprint density at radius 1 is 1.41 bits per heavy atom. The summed E-state index contributed by atoms with van der Waals surface area (Å²) in [5, 5.41) is 10.2. The van der Waals surface area contributed by atoms with Crippen LogP contribution in [0.25, 0.3) is 0 Å². The Bertz CT molecular complexity index is 519. The molecular formula is C12H13ClN2OS. The van der Waals surface area contributed by atoms with Gasteiger partial charge >= 0.3 is 0 Å². The van der Waals surface area contributed by atoms with Crippen LogP contribution >= 0.6 is 23.4 Å². The number of aryl methyl sites for hydroxylation is 2. The number of phenols is 1. The third kappa shape index (κ3) is 2.96. The highest BCUT2D eigenvalue weighted by molar-refractivity contribution is 7.98. The normalized spacial score (nSPS) is 10.8. The molecule has 0 bridgehead atoms. The fourth-order valence-corrected chi connectivity index (χ4v) is 2.75. The smallest absolute Gasteiger partial charge is 0.132 e. The van der Waals surface area contributed by atoms with E-state index in [0.717, 1.165) is 16.2 Å². The number of aromatic hydroxyl groups is 1. The van der Waals surface area contributed by atoms with Gasteiger partial charge in [0.05, 0.1) is 12.0 Å². The van der Waals surface area contributed by atoms with Gasteiger partial charge in [0.1, 0.15) is 10.9 Å². The number of imidazole rings is 1. The van der Waals surface area contributed by atoms with Crippen LogP contribution in [0.3, 0.4) is 0 Å². The molecule has 0 aliphatic rings. The molecule has 0 amide bonds. The number of halogens is 1. The maximum Gasteiger partial charge on any atom is 0.132 e. The van der Waals surface area contributed by atoms with Gasteiger partial charge in [-0.3, -0.25) is 0 Å². The highest BCUT2D eigenvalue weighted by Crippen LogP contribution is 2.28. The van der Waals surface area contributed by atoms with Crippen LogP contribution in [0.2, 0.25) is 5.15 Å². The summed E-state index contributed by atoms with van der Waals surface area (Å²) in [5.74, 6) is 0.988. The van der Waals surface area contributed by atoms with E-state index in [2.05, 4.69) is 4.98 Å². The number of aromatic nitrogens is 2. The van der Waals surface area contributed by atoms with Gasteiger partial charge in [0.2, 0.25) is 0 Å². The number of rotatable bonds is 3. The monoisotopic (exact) mass is 268 g/mol. The van der Waals surface area contributed by atoms with Crippen LogP contribution in [-0.4, -0.2) is 14.7 Å². The molecule has 0 aliphatic carbocycles. The van der Waals surface area contributed by atoms with Crippen molar-refractivity contribution in [1.29, 1.82) is 0 Å². The zero-order valence-corrected chi connectivity index (χ0v) is 11.2. The molecule has 17 heavy (non-hydrogen) atoms. The molecular weight excluding hydrogens is 256 g/mol. The van der Waals surface area contributed by atoms with Crippen molar-refractivity contribution in [1.82, 2.24) is 9.55 Å². The molecule has 90 valence electrons. The maximum absolute atomic E-state index is 9.49. The molecule has 3 nitrogen and oxygen atoms in total. The predicted molar refractivity (Wildman–Crippen MR) is 70.6 cm³/mol. The van der Waals surface area contributed by atoms with E-state index in [0.29, 0.717) is 16.7 Å². The van der Waals surface area contributed by atoms with E-state index in [-0.39, 0.29) is 0 Å². The van der Waals surface area contributed by atoms with Gasteiger partial charge in [0.15, 0.2) is 0 Å². The van der Waals surface area contributed by atoms with E-state index >= 15 is 0 Å². The van der Waals surface area contributed by atoms with E-state index in [1.54, 1.807) is 34.8 Å². The molecule has 2 aromatic rings. The standard InChI is InChI=1S/C12H13ClN2OS/c1-8-3-9(16)5-10(4-8)17-6-11-12(13)15(2)7-14-11/h3-5,7,16H,6H2,1-2H3. The summed E-state index contributed by atoms with van der Waals surface area (Å²) < 4.78 is 1.78. The molecule has 0 spiro atoms. The molecule has 0 aliphatic heterocycles. The summed E-state index contributed by atoms with van der Waals surface area (Å²) in [6.45, 7) is 1.96. The number of hydrogen-bond donors (Lipinski definition) is 1. The molecule has 0 atom stereocenters. The minimum Gasteiger partial charge on any atom is -0.508 e. The van der Waals surface area contributed by atoms with E-state index < -0.39 is 0 Å². The SMILES string of the molecule is Cc1cc(O)cc(SCc2ncn(C)c2Cl)c1. The Hall–Kier alpha value is -1.13. The zero-order chi connectivity index (χ0) is 12.4. The second-order valence-electron chi connectivity index (χ2n) is 3.89. The largest absolute Gasteiger partial charge is 0.508 e. The van der Waals surface area contributed by atoms with Crippen molar-refractivity contribution in [2.45, 2.75) is 17.6 Å². The van der Waals surface area contributed by atoms with Gasteiger partial charge in [0, 0.05) is 17.7 Å². The van der Waals surface area contributed by atoms with Gasteiger partial charge < -0.3 is 9.67 Å². The third-order valence-corrected chi connectivity index (χ3v) is 3.82. The van der Waals surface area contributed by atoms with E-state index in [1.807, 2.05) is 20.0 Å². The van der Waals surface area contributed by atoms with E-state index in [9.17, 15) is 5.11 Å². The first-order valence-corrected chi connectivity index (χ1v) is 6.52. The van der Waals surface area contributed by atoms with Gasteiger partial charge in [-0.15, -0.1) is 11.8 Å². The van der Waals surface area contributed by atoms with Gasteiger partial charge in [-0.2, -0.15) is 0 Å². The van der Waals surface area contributed by atoms with Crippen molar-refractivity contribution in [3.8, 4) is 5.75 Å². The van der Waals surface area contributed by atoms with Crippen LogP contribution in [-0.2, 0) is 12.8 Å². The topological polar surface area (TPSA) is 38.1 Å². The van der Waals surface area contributed by atoms with Crippen molar-refractivity contribution in [3.05, 3.63) is 40.9 Å². The Kier molecular flexibility index (Phi) is 3.64. The average molecular weight is 269 g/mol. The Labute approximate surface area is 109 Å². The first kappa shape index (κ1) is 12.3. The van der Waals surface area contributed by atoms with Crippen LogP contribution in [0.5, 0.6) is 5.75 Å². The molecule has 1 heterocycles. The molecule has 0 radical (unpaired) electrons. The number of hydrogen-bond acceptors (Lipinski definition) is 3. The molecule has 1 aromatic carbocycles. The van der Waals surface area contributed by atoms with Crippen LogP contribution in [0.15, 0.2) is 29.4 Å². The fourth-order valence-electron chi connectivity index (χ4n) is 1.52. The maximum atomic E-state index is 9.49. The summed E-state index contributed by atoms with van der Waals surface area (Å²) in [7, 11) is 1.86. The molecule has 1 aromatic heterocycles. The first-order chi connectivity index (χ1) is 8.06. The molecule has 1 N–H and O–H groups in total. The first-order valence-electron chi connectivity index (χ1n) is 5.15. The summed E-state index contributed by atoms with van der Waals surface area (Å²) in [6.07, 6.45) is 1.70. The van der Waals surface area contributed by atoms with Crippen molar-refractivity contribution >= 4 is 23.4 Å². The fraction of sp³-hybridized carbons (Fsp3) is 0.250. The van der Waals surface area contributed by atoms with Gasteiger partial charge in [0.25, 0.3) is 0 Å². The number of benzene rings is 1. The zero-order valence-electron chi connectivity index (χ0n) is 9.64. The summed E-state index contributed by atoms with van der Waals surface area (Å²) >= 11 is 7.68. The average Bonchev–Trinajstić information content (AvgIpc) is 2.56. The third-order valence-electron chi connectivity index (χ3n) is 2.35. The van der Waals surface area contributed by atoms with Crippen LogP contribution in [0.4, 0.5) is 0 Å². The lowest BCUT2D eigenvalue weighted by atomic mass is 10.2. The molecule has 0 saturated heterocycles. The van der Waals surface area contributed by atoms with Crippen LogP contribution in [0, 0.1) is 6.92 Å². The van der Waals surface area contributed by atoms with Crippen LogP contribution < -0.4 is 0 Å². The van der Waals surface area contributed by atoms with Crippen molar-refractivity contribution < 1.29 is 5.11 Å². The molecule has 0 unspecified atom stereocenters. The lowest BCUT2D eigenvalue weighted by Crippen LogP contribution is -1.86. The minimum atomic E-state index is 0.291. The predicted octanol–water partition coefficient (Wildman–Crippen LogP) is 3.38. The Morgan fingerprint density at radius 2 is 2.18 bits per heavy atom. The second-order valence-corrected chi connectivity index (χ2v) is 5.29. The number of thioether (sulfide) groups is 1. The Balaban J connectivity index is 2.09. The molecule has 0 fully saturated rings. The van der Waals surface area contributed by atoms with Crippen molar-refractivity contribution in [2.24, 2.45) is 7.05 Å². The highest BCUT2D eigenvalue weighted by Gasteiger charge is 2.07. The summed E-state index contributed by atoms with van der Waals surface area (Å²) in [4.78, 5) is 5.24. The Morgan fingerprint density at radius 3 is 2.76 bits per heavy atom. The number of nitrogens with zero attached hydrogens (tertiary/aromatic N) is 2. The van der Waals surface area contributed by atoms with Crippen molar-refractivity contribution in [3.63, 3.8) is 0 Å². The molecule has 5 heteroatoms. The highest BCUT2D eigenvalue weighted by atomic mass is 35.5.